The molecule has 2 N–H and O–H groups in total. The van der Waals surface area contributed by atoms with Crippen molar-refractivity contribution in [3.63, 3.8) is 0 Å². The lowest BCUT2D eigenvalue weighted by Crippen LogP contribution is -2.43. The van der Waals surface area contributed by atoms with E-state index in [2.05, 4.69) is 10.6 Å². The van der Waals surface area contributed by atoms with Gasteiger partial charge in [-0.05, 0) is 54.1 Å². The van der Waals surface area contributed by atoms with Gasteiger partial charge in [0, 0.05) is 29.0 Å². The highest BCUT2D eigenvalue weighted by molar-refractivity contribution is 6.30. The Labute approximate surface area is 167 Å². The highest BCUT2D eigenvalue weighted by atomic mass is 35.5. The van der Waals surface area contributed by atoms with Crippen molar-refractivity contribution < 1.29 is 9.59 Å². The molecule has 0 bridgehead atoms. The van der Waals surface area contributed by atoms with Crippen LogP contribution < -0.4 is 15.5 Å². The molecule has 28 heavy (non-hydrogen) atoms. The largest absolute Gasteiger partial charge is 0.360 e. The molecule has 0 aliphatic carbocycles. The highest BCUT2D eigenvalue weighted by Gasteiger charge is 2.33. The predicted octanol–water partition coefficient (Wildman–Crippen LogP) is 5.07. The quantitative estimate of drug-likeness (QED) is 0.655. The van der Waals surface area contributed by atoms with Gasteiger partial charge in [0.15, 0.2) is 0 Å². The average molecular weight is 392 g/mol. The van der Waals surface area contributed by atoms with Gasteiger partial charge in [-0.2, -0.15) is 0 Å². The molecule has 1 aliphatic heterocycles. The van der Waals surface area contributed by atoms with Crippen LogP contribution in [0.2, 0.25) is 5.02 Å². The minimum absolute atomic E-state index is 0.0958. The molecule has 0 fully saturated rings. The molecule has 1 aliphatic rings. The number of carbonyl (C=O) groups is 2. The van der Waals surface area contributed by atoms with Gasteiger partial charge in [0.1, 0.15) is 6.17 Å². The van der Waals surface area contributed by atoms with E-state index in [0.717, 1.165) is 16.9 Å². The number of halogens is 1. The lowest BCUT2D eigenvalue weighted by atomic mass is 10.0. The summed E-state index contributed by atoms with van der Waals surface area (Å²) in [7, 11) is 0. The van der Waals surface area contributed by atoms with Gasteiger partial charge in [0.25, 0.3) is 5.91 Å². The van der Waals surface area contributed by atoms with Crippen molar-refractivity contribution in [3.05, 3.63) is 88.9 Å². The Morgan fingerprint density at radius 1 is 1.00 bits per heavy atom. The number of para-hydroxylation sites is 1. The lowest BCUT2D eigenvalue weighted by Gasteiger charge is -2.38. The summed E-state index contributed by atoms with van der Waals surface area (Å²) in [6.07, 6.45) is -0.383. The summed E-state index contributed by atoms with van der Waals surface area (Å²) in [4.78, 5) is 26.3. The Morgan fingerprint density at radius 2 is 1.68 bits per heavy atom. The van der Waals surface area contributed by atoms with Crippen molar-refractivity contribution in [1.82, 2.24) is 0 Å². The first-order valence-corrected chi connectivity index (χ1v) is 9.23. The number of benzene rings is 3. The Morgan fingerprint density at radius 3 is 2.36 bits per heavy atom. The molecule has 4 rings (SSSR count). The van der Waals surface area contributed by atoms with E-state index in [9.17, 15) is 9.59 Å². The fourth-order valence-electron chi connectivity index (χ4n) is 3.31. The third kappa shape index (κ3) is 3.44. The maximum Gasteiger partial charge on any atom is 0.262 e. The number of amides is 2. The summed E-state index contributed by atoms with van der Waals surface area (Å²) in [6, 6.07) is 22.1. The van der Waals surface area contributed by atoms with E-state index in [0.29, 0.717) is 16.3 Å². The van der Waals surface area contributed by atoms with Gasteiger partial charge in [-0.3, -0.25) is 14.5 Å². The minimum atomic E-state index is -0.383. The van der Waals surface area contributed by atoms with Crippen LogP contribution in [-0.2, 0) is 4.79 Å². The van der Waals surface area contributed by atoms with Crippen molar-refractivity contribution in [2.75, 3.05) is 15.5 Å². The second kappa shape index (κ2) is 7.37. The molecule has 0 spiro atoms. The average Bonchev–Trinajstić information content (AvgIpc) is 2.69. The standard InChI is InChI=1S/C22H18ClN3O2/c1-14(27)24-17-10-12-18(13-11-17)26-21(15-6-8-16(23)9-7-15)25-20-5-3-2-4-19(20)22(26)28/h2-13,21,25H,1H3,(H,24,27). The number of nitrogens with zero attached hydrogens (tertiary/aromatic N) is 1. The third-order valence-corrected chi connectivity index (χ3v) is 4.83. The summed E-state index contributed by atoms with van der Waals surface area (Å²) < 4.78 is 0. The van der Waals surface area contributed by atoms with Crippen LogP contribution in [0.5, 0.6) is 0 Å². The van der Waals surface area contributed by atoms with Crippen molar-refractivity contribution >= 4 is 40.5 Å². The molecule has 6 heteroatoms. The number of hydrogen-bond donors (Lipinski definition) is 2. The normalized spacial score (nSPS) is 15.6. The van der Waals surface area contributed by atoms with E-state index in [1.54, 1.807) is 23.1 Å². The number of fused-ring (bicyclic) bond motifs is 1. The molecule has 0 aromatic heterocycles. The zero-order chi connectivity index (χ0) is 19.7. The van der Waals surface area contributed by atoms with Crippen molar-refractivity contribution in [3.8, 4) is 0 Å². The summed E-state index contributed by atoms with van der Waals surface area (Å²) in [5.41, 5.74) is 3.72. The van der Waals surface area contributed by atoms with Crippen LogP contribution in [0.25, 0.3) is 0 Å². The van der Waals surface area contributed by atoms with Gasteiger partial charge < -0.3 is 10.6 Å². The van der Waals surface area contributed by atoms with Gasteiger partial charge >= 0.3 is 0 Å². The second-order valence-corrected chi connectivity index (χ2v) is 6.98. The fourth-order valence-corrected chi connectivity index (χ4v) is 3.43. The molecular formula is C22H18ClN3O2. The van der Waals surface area contributed by atoms with Crippen molar-refractivity contribution in [1.29, 1.82) is 0 Å². The van der Waals surface area contributed by atoms with E-state index in [1.807, 2.05) is 54.6 Å². The monoisotopic (exact) mass is 391 g/mol. The van der Waals surface area contributed by atoms with E-state index in [-0.39, 0.29) is 18.0 Å². The van der Waals surface area contributed by atoms with Crippen LogP contribution in [0.4, 0.5) is 17.1 Å². The summed E-state index contributed by atoms with van der Waals surface area (Å²) in [5.74, 6) is -0.238. The number of anilines is 3. The highest BCUT2D eigenvalue weighted by Crippen LogP contribution is 2.37. The van der Waals surface area contributed by atoms with Crippen LogP contribution >= 0.6 is 11.6 Å². The van der Waals surface area contributed by atoms with Gasteiger partial charge in [-0.1, -0.05) is 35.9 Å². The van der Waals surface area contributed by atoms with E-state index in [4.69, 9.17) is 11.6 Å². The molecular weight excluding hydrogens is 374 g/mol. The zero-order valence-corrected chi connectivity index (χ0v) is 15.9. The van der Waals surface area contributed by atoms with Crippen molar-refractivity contribution in [2.45, 2.75) is 13.1 Å². The fraction of sp³-hybridized carbons (Fsp3) is 0.0909. The summed E-state index contributed by atoms with van der Waals surface area (Å²) >= 11 is 6.04. The second-order valence-electron chi connectivity index (χ2n) is 6.55. The number of hydrogen-bond acceptors (Lipinski definition) is 3. The van der Waals surface area contributed by atoms with Crippen LogP contribution in [0.3, 0.4) is 0 Å². The molecule has 0 radical (unpaired) electrons. The molecule has 1 atom stereocenters. The summed E-state index contributed by atoms with van der Waals surface area (Å²) in [5, 5.41) is 6.83. The minimum Gasteiger partial charge on any atom is -0.360 e. The molecule has 1 heterocycles. The first kappa shape index (κ1) is 18.1. The molecule has 5 nitrogen and oxygen atoms in total. The molecule has 1 unspecified atom stereocenters. The van der Waals surface area contributed by atoms with E-state index < -0.39 is 0 Å². The summed E-state index contributed by atoms with van der Waals surface area (Å²) in [6.45, 7) is 1.46. The number of carbonyl (C=O) groups excluding carboxylic acids is 2. The maximum absolute atomic E-state index is 13.3. The zero-order valence-electron chi connectivity index (χ0n) is 15.1. The van der Waals surface area contributed by atoms with Crippen LogP contribution in [-0.4, -0.2) is 11.8 Å². The Bertz CT molecular complexity index is 1030. The van der Waals surface area contributed by atoms with Gasteiger partial charge in [0.2, 0.25) is 5.91 Å². The van der Waals surface area contributed by atoms with Gasteiger partial charge in [-0.25, -0.2) is 0 Å². The smallest absolute Gasteiger partial charge is 0.262 e. The predicted molar refractivity (Wildman–Crippen MR) is 112 cm³/mol. The Hall–Kier alpha value is -3.31. The number of rotatable bonds is 3. The first-order valence-electron chi connectivity index (χ1n) is 8.85. The van der Waals surface area contributed by atoms with Crippen LogP contribution in [0.1, 0.15) is 29.0 Å². The molecule has 3 aromatic rings. The molecule has 2 amide bonds. The molecule has 0 saturated heterocycles. The van der Waals surface area contributed by atoms with Crippen LogP contribution in [0.15, 0.2) is 72.8 Å². The molecule has 3 aromatic carbocycles. The SMILES string of the molecule is CC(=O)Nc1ccc(N2C(=O)c3ccccc3NC2c2ccc(Cl)cc2)cc1. The van der Waals surface area contributed by atoms with Crippen molar-refractivity contribution in [2.24, 2.45) is 0 Å². The lowest BCUT2D eigenvalue weighted by molar-refractivity contribution is -0.114. The Kier molecular flexibility index (Phi) is 4.75. The van der Waals surface area contributed by atoms with E-state index in [1.165, 1.54) is 6.92 Å². The first-order chi connectivity index (χ1) is 13.5. The maximum atomic E-state index is 13.3. The molecule has 140 valence electrons. The van der Waals surface area contributed by atoms with E-state index >= 15 is 0 Å². The molecule has 0 saturated carbocycles. The topological polar surface area (TPSA) is 61.4 Å². The number of nitrogens with one attached hydrogen (secondary N) is 2. The van der Waals surface area contributed by atoms with Gasteiger partial charge in [-0.15, -0.1) is 0 Å². The van der Waals surface area contributed by atoms with Crippen LogP contribution in [0, 0.1) is 0 Å². The Balaban J connectivity index is 1.77. The van der Waals surface area contributed by atoms with Gasteiger partial charge in [0.05, 0.1) is 5.56 Å². The third-order valence-electron chi connectivity index (χ3n) is 4.58.